The number of nitrogens with one attached hydrogen (secondary N) is 1. The number of aryl methyl sites for hydroxylation is 1. The second-order valence-corrected chi connectivity index (χ2v) is 6.93. The first-order valence-electron chi connectivity index (χ1n) is 8.28. The van der Waals surface area contributed by atoms with Gasteiger partial charge in [-0.25, -0.2) is 9.97 Å². The molecule has 1 aliphatic heterocycles. The molecule has 2 heterocycles. The number of carbonyl (C=O) groups excluding carboxylic acids is 1. The topological polar surface area (TPSA) is 58.1 Å². The molecule has 24 heavy (non-hydrogen) atoms. The largest absolute Gasteiger partial charge is 0.355 e. The second kappa shape index (κ2) is 7.75. The predicted octanol–water partition coefficient (Wildman–Crippen LogP) is 4.18. The zero-order valence-corrected chi connectivity index (χ0v) is 15.3. The second-order valence-electron chi connectivity index (χ2n) is 6.08. The molecule has 0 unspecified atom stereocenters. The molecule has 2 aromatic rings. The molecule has 0 saturated carbocycles. The van der Waals surface area contributed by atoms with E-state index in [2.05, 4.69) is 36.1 Å². The number of halogens is 1. The van der Waals surface area contributed by atoms with Crippen LogP contribution in [0.25, 0.3) is 0 Å². The van der Waals surface area contributed by atoms with Gasteiger partial charge in [-0.15, -0.1) is 0 Å². The number of aromatic nitrogens is 2. The van der Waals surface area contributed by atoms with Crippen molar-refractivity contribution in [3.63, 3.8) is 0 Å². The summed E-state index contributed by atoms with van der Waals surface area (Å²) in [6.07, 6.45) is 8.18. The van der Waals surface area contributed by atoms with Crippen LogP contribution in [0, 0.1) is 6.92 Å². The third-order valence-electron chi connectivity index (χ3n) is 4.22. The Morgan fingerprint density at radius 1 is 1.12 bits per heavy atom. The number of hydrogen-bond acceptors (Lipinski definition) is 4. The lowest BCUT2D eigenvalue weighted by molar-refractivity contribution is 0.102. The van der Waals surface area contributed by atoms with Crippen molar-refractivity contribution in [3.8, 4) is 0 Å². The minimum atomic E-state index is -0.244. The maximum Gasteiger partial charge on any atom is 0.275 e. The van der Waals surface area contributed by atoms with Crippen molar-refractivity contribution in [2.75, 3.05) is 23.3 Å². The van der Waals surface area contributed by atoms with E-state index >= 15 is 0 Å². The van der Waals surface area contributed by atoms with Crippen molar-refractivity contribution in [1.82, 2.24) is 9.97 Å². The molecule has 5 nitrogen and oxygen atoms in total. The highest BCUT2D eigenvalue weighted by molar-refractivity contribution is 9.10. The SMILES string of the molecule is Cc1cc(NC(=O)c2cnc(N3CCCCCC3)cn2)ccc1Br. The molecule has 6 heteroatoms. The maximum absolute atomic E-state index is 12.3. The number of amides is 1. The van der Waals surface area contributed by atoms with E-state index in [1.165, 1.54) is 25.7 Å². The molecule has 1 saturated heterocycles. The normalized spacial score (nSPS) is 15.0. The van der Waals surface area contributed by atoms with Gasteiger partial charge in [0.05, 0.1) is 12.4 Å². The fourth-order valence-corrected chi connectivity index (χ4v) is 3.07. The van der Waals surface area contributed by atoms with Crippen molar-refractivity contribution in [3.05, 3.63) is 46.3 Å². The van der Waals surface area contributed by atoms with Crippen molar-refractivity contribution >= 4 is 33.3 Å². The third-order valence-corrected chi connectivity index (χ3v) is 5.11. The predicted molar refractivity (Wildman–Crippen MR) is 99.5 cm³/mol. The zero-order chi connectivity index (χ0) is 16.9. The Kier molecular flexibility index (Phi) is 5.45. The Balaban J connectivity index is 1.68. The van der Waals surface area contributed by atoms with Crippen LogP contribution in [-0.4, -0.2) is 29.0 Å². The van der Waals surface area contributed by atoms with Gasteiger partial charge in [0.2, 0.25) is 0 Å². The highest BCUT2D eigenvalue weighted by Gasteiger charge is 2.13. The number of rotatable bonds is 3. The van der Waals surface area contributed by atoms with Crippen LogP contribution < -0.4 is 10.2 Å². The van der Waals surface area contributed by atoms with Crippen LogP contribution >= 0.6 is 15.9 Å². The minimum Gasteiger partial charge on any atom is -0.355 e. The molecule has 0 aliphatic carbocycles. The highest BCUT2D eigenvalue weighted by Crippen LogP contribution is 2.21. The quantitative estimate of drug-likeness (QED) is 0.856. The molecular formula is C18H21BrN4O. The number of nitrogens with zero attached hydrogens (tertiary/aromatic N) is 3. The molecule has 1 aliphatic rings. The Labute approximate surface area is 150 Å². The van der Waals surface area contributed by atoms with E-state index in [9.17, 15) is 4.79 Å². The van der Waals surface area contributed by atoms with Gasteiger partial charge in [-0.1, -0.05) is 28.8 Å². The summed E-state index contributed by atoms with van der Waals surface area (Å²) in [6.45, 7) is 4.01. The van der Waals surface area contributed by atoms with E-state index in [1.54, 1.807) is 12.4 Å². The molecule has 0 spiro atoms. The summed E-state index contributed by atoms with van der Waals surface area (Å²) < 4.78 is 1.02. The van der Waals surface area contributed by atoms with E-state index in [0.717, 1.165) is 34.6 Å². The fourth-order valence-electron chi connectivity index (χ4n) is 2.82. The summed E-state index contributed by atoms with van der Waals surface area (Å²) in [5, 5.41) is 2.86. The molecule has 1 fully saturated rings. The average Bonchev–Trinajstić information content (AvgIpc) is 2.88. The molecular weight excluding hydrogens is 368 g/mol. The Bertz CT molecular complexity index is 709. The van der Waals surface area contributed by atoms with Gasteiger partial charge < -0.3 is 10.2 Å². The minimum absolute atomic E-state index is 0.244. The molecule has 1 amide bonds. The molecule has 1 aromatic carbocycles. The first-order valence-corrected chi connectivity index (χ1v) is 9.07. The molecule has 0 bridgehead atoms. The van der Waals surface area contributed by atoms with Crippen molar-refractivity contribution in [1.29, 1.82) is 0 Å². The number of benzene rings is 1. The van der Waals surface area contributed by atoms with Crippen LogP contribution in [0.1, 0.15) is 41.7 Å². The van der Waals surface area contributed by atoms with Crippen LogP contribution in [0.3, 0.4) is 0 Å². The third kappa shape index (κ3) is 4.12. The molecule has 3 rings (SSSR count). The average molecular weight is 389 g/mol. The molecule has 0 atom stereocenters. The number of carbonyl (C=O) groups is 1. The molecule has 1 aromatic heterocycles. The fraction of sp³-hybridized carbons (Fsp3) is 0.389. The number of anilines is 2. The van der Waals surface area contributed by atoms with E-state index in [4.69, 9.17) is 0 Å². The monoisotopic (exact) mass is 388 g/mol. The lowest BCUT2D eigenvalue weighted by Crippen LogP contribution is -2.25. The maximum atomic E-state index is 12.3. The van der Waals surface area contributed by atoms with Gasteiger partial charge in [0.15, 0.2) is 0 Å². The van der Waals surface area contributed by atoms with Gasteiger partial charge in [0.25, 0.3) is 5.91 Å². The van der Waals surface area contributed by atoms with E-state index in [0.29, 0.717) is 5.69 Å². The van der Waals surface area contributed by atoms with Crippen LogP contribution in [0.4, 0.5) is 11.5 Å². The van der Waals surface area contributed by atoms with E-state index in [-0.39, 0.29) is 5.91 Å². The van der Waals surface area contributed by atoms with Gasteiger partial charge in [-0.2, -0.15) is 0 Å². The summed E-state index contributed by atoms with van der Waals surface area (Å²) in [4.78, 5) is 23.3. The summed E-state index contributed by atoms with van der Waals surface area (Å²) in [6, 6.07) is 5.69. The van der Waals surface area contributed by atoms with Gasteiger partial charge in [-0.05, 0) is 43.5 Å². The summed E-state index contributed by atoms with van der Waals surface area (Å²) >= 11 is 3.45. The van der Waals surface area contributed by atoms with Gasteiger partial charge in [-0.3, -0.25) is 4.79 Å². The summed E-state index contributed by atoms with van der Waals surface area (Å²) in [5.74, 6) is 0.611. The van der Waals surface area contributed by atoms with Crippen molar-refractivity contribution in [2.24, 2.45) is 0 Å². The van der Waals surface area contributed by atoms with Gasteiger partial charge in [0, 0.05) is 23.2 Å². The van der Waals surface area contributed by atoms with Crippen LogP contribution in [0.2, 0.25) is 0 Å². The van der Waals surface area contributed by atoms with Crippen molar-refractivity contribution in [2.45, 2.75) is 32.6 Å². The van der Waals surface area contributed by atoms with Gasteiger partial charge in [0.1, 0.15) is 11.5 Å². The standard InChI is InChI=1S/C18H21BrN4O/c1-13-10-14(6-7-15(13)19)22-18(24)16-11-21-17(12-20-16)23-8-4-2-3-5-9-23/h6-7,10-12H,2-5,8-9H2,1H3,(H,22,24). The molecule has 1 N–H and O–H groups in total. The first-order chi connectivity index (χ1) is 11.6. The van der Waals surface area contributed by atoms with Crippen molar-refractivity contribution < 1.29 is 4.79 Å². The van der Waals surface area contributed by atoms with Crippen LogP contribution in [-0.2, 0) is 0 Å². The lowest BCUT2D eigenvalue weighted by Gasteiger charge is -2.20. The smallest absolute Gasteiger partial charge is 0.275 e. The van der Waals surface area contributed by atoms with Gasteiger partial charge >= 0.3 is 0 Å². The van der Waals surface area contributed by atoms with E-state index < -0.39 is 0 Å². The molecule has 126 valence electrons. The lowest BCUT2D eigenvalue weighted by atomic mass is 10.2. The Morgan fingerprint density at radius 3 is 2.50 bits per heavy atom. The zero-order valence-electron chi connectivity index (χ0n) is 13.8. The van der Waals surface area contributed by atoms with E-state index in [1.807, 2.05) is 25.1 Å². The van der Waals surface area contributed by atoms with Crippen LogP contribution in [0.15, 0.2) is 35.1 Å². The first kappa shape index (κ1) is 16.9. The number of hydrogen-bond donors (Lipinski definition) is 1. The highest BCUT2D eigenvalue weighted by atomic mass is 79.9. The van der Waals surface area contributed by atoms with Crippen LogP contribution in [0.5, 0.6) is 0 Å². The Morgan fingerprint density at radius 2 is 1.88 bits per heavy atom. The summed E-state index contributed by atoms with van der Waals surface area (Å²) in [5.41, 5.74) is 2.14. The summed E-state index contributed by atoms with van der Waals surface area (Å²) in [7, 11) is 0. The molecule has 0 radical (unpaired) electrons. The Hall–Kier alpha value is -1.95.